The third-order valence-corrected chi connectivity index (χ3v) is 6.54. The fourth-order valence-electron chi connectivity index (χ4n) is 5.18. The van der Waals surface area contributed by atoms with Crippen molar-refractivity contribution < 1.29 is 19.4 Å². The van der Waals surface area contributed by atoms with Crippen molar-refractivity contribution in [2.75, 3.05) is 14.2 Å². The van der Waals surface area contributed by atoms with Crippen molar-refractivity contribution in [3.05, 3.63) is 95.1 Å². The molecule has 3 aromatic rings. The molecule has 0 spiro atoms. The molecular formula is C26H26O4. The van der Waals surface area contributed by atoms with Gasteiger partial charge in [-0.2, -0.15) is 0 Å². The summed E-state index contributed by atoms with van der Waals surface area (Å²) >= 11 is 0. The van der Waals surface area contributed by atoms with Gasteiger partial charge in [-0.15, -0.1) is 0 Å². The van der Waals surface area contributed by atoms with Crippen LogP contribution in [0.4, 0.5) is 0 Å². The minimum atomic E-state index is -0.787. The second kappa shape index (κ2) is 7.86. The molecule has 1 aliphatic rings. The third kappa shape index (κ3) is 2.95. The van der Waals surface area contributed by atoms with Gasteiger partial charge in [-0.05, 0) is 52.9 Å². The lowest BCUT2D eigenvalue weighted by Crippen LogP contribution is -2.39. The number of benzene rings is 3. The van der Waals surface area contributed by atoms with Crippen molar-refractivity contribution in [1.29, 1.82) is 0 Å². The first-order chi connectivity index (χ1) is 14.6. The quantitative estimate of drug-likeness (QED) is 0.612. The Kier molecular flexibility index (Phi) is 5.25. The van der Waals surface area contributed by atoms with Crippen LogP contribution >= 0.6 is 0 Å². The lowest BCUT2D eigenvalue weighted by molar-refractivity contribution is -0.144. The Morgan fingerprint density at radius 1 is 0.900 bits per heavy atom. The fraction of sp³-hybridized carbons (Fsp3) is 0.269. The first-order valence-corrected chi connectivity index (χ1v) is 10.2. The van der Waals surface area contributed by atoms with E-state index in [1.165, 1.54) is 0 Å². The highest BCUT2D eigenvalue weighted by molar-refractivity contribution is 5.79. The van der Waals surface area contributed by atoms with Crippen LogP contribution in [0.3, 0.4) is 0 Å². The average Bonchev–Trinajstić information content (AvgIpc) is 3.11. The first kappa shape index (κ1) is 20.0. The maximum Gasteiger partial charge on any atom is 0.308 e. The molecule has 3 atom stereocenters. The highest BCUT2D eigenvalue weighted by Crippen LogP contribution is 2.58. The zero-order chi connectivity index (χ0) is 21.3. The number of hydrogen-bond acceptors (Lipinski definition) is 3. The van der Waals surface area contributed by atoms with Gasteiger partial charge < -0.3 is 14.6 Å². The van der Waals surface area contributed by atoms with Gasteiger partial charge in [0, 0.05) is 11.3 Å². The molecule has 0 saturated carbocycles. The van der Waals surface area contributed by atoms with Gasteiger partial charge in [0.05, 0.1) is 20.1 Å². The Balaban J connectivity index is 1.96. The topological polar surface area (TPSA) is 55.8 Å². The van der Waals surface area contributed by atoms with Gasteiger partial charge in [0.15, 0.2) is 0 Å². The molecule has 0 fully saturated rings. The predicted molar refractivity (Wildman–Crippen MR) is 116 cm³/mol. The van der Waals surface area contributed by atoms with Crippen molar-refractivity contribution in [3.8, 4) is 11.5 Å². The SMILES string of the molecule is CCC1(c2ccc(OC)cc2)c2ccccc2C(c2ccc(OC)cc2)C1C(=O)O. The monoisotopic (exact) mass is 402 g/mol. The Morgan fingerprint density at radius 2 is 1.47 bits per heavy atom. The zero-order valence-electron chi connectivity index (χ0n) is 17.5. The number of carboxylic acids is 1. The van der Waals surface area contributed by atoms with Gasteiger partial charge in [0.2, 0.25) is 0 Å². The number of fused-ring (bicyclic) bond motifs is 1. The molecule has 3 aromatic carbocycles. The van der Waals surface area contributed by atoms with Crippen LogP contribution in [0.2, 0.25) is 0 Å². The van der Waals surface area contributed by atoms with Crippen molar-refractivity contribution in [1.82, 2.24) is 0 Å². The van der Waals surface area contributed by atoms with Crippen LogP contribution in [0.1, 0.15) is 41.5 Å². The van der Waals surface area contributed by atoms with E-state index in [0.717, 1.165) is 33.8 Å². The van der Waals surface area contributed by atoms with E-state index in [2.05, 4.69) is 19.1 Å². The van der Waals surface area contributed by atoms with Crippen LogP contribution in [0.25, 0.3) is 0 Å². The number of carbonyl (C=O) groups is 1. The normalized spacial score (nSPS) is 22.4. The highest BCUT2D eigenvalue weighted by Gasteiger charge is 2.55. The zero-order valence-corrected chi connectivity index (χ0v) is 17.5. The summed E-state index contributed by atoms with van der Waals surface area (Å²) in [6.07, 6.45) is 0.681. The van der Waals surface area contributed by atoms with E-state index in [1.807, 2.05) is 60.7 Å². The van der Waals surface area contributed by atoms with Gasteiger partial charge in [0.1, 0.15) is 11.5 Å². The number of methoxy groups -OCH3 is 2. The molecule has 1 aliphatic carbocycles. The molecular weight excluding hydrogens is 376 g/mol. The van der Waals surface area contributed by atoms with Crippen LogP contribution in [0, 0.1) is 5.92 Å². The summed E-state index contributed by atoms with van der Waals surface area (Å²) in [6, 6.07) is 23.7. The summed E-state index contributed by atoms with van der Waals surface area (Å²) in [7, 11) is 3.26. The fourth-order valence-corrected chi connectivity index (χ4v) is 5.18. The standard InChI is InChI=1S/C26H26O4/c1-4-26(18-11-15-20(30-3)16-12-18)22-8-6-5-7-21(22)23(24(26)25(27)28)17-9-13-19(29-2)14-10-17/h5-16,23-24H,4H2,1-3H3,(H,27,28). The summed E-state index contributed by atoms with van der Waals surface area (Å²) in [5, 5.41) is 10.5. The minimum Gasteiger partial charge on any atom is -0.497 e. The highest BCUT2D eigenvalue weighted by atomic mass is 16.5. The molecule has 0 amide bonds. The van der Waals surface area contributed by atoms with E-state index >= 15 is 0 Å². The number of rotatable bonds is 6. The van der Waals surface area contributed by atoms with E-state index < -0.39 is 17.3 Å². The average molecular weight is 402 g/mol. The second-order valence-electron chi connectivity index (χ2n) is 7.71. The van der Waals surface area contributed by atoms with Gasteiger partial charge in [-0.1, -0.05) is 55.5 Å². The lowest BCUT2D eigenvalue weighted by Gasteiger charge is -2.36. The Morgan fingerprint density at radius 3 is 2.00 bits per heavy atom. The van der Waals surface area contributed by atoms with E-state index in [1.54, 1.807) is 14.2 Å². The molecule has 0 bridgehead atoms. The molecule has 30 heavy (non-hydrogen) atoms. The van der Waals surface area contributed by atoms with Crippen molar-refractivity contribution in [2.24, 2.45) is 5.92 Å². The molecule has 154 valence electrons. The van der Waals surface area contributed by atoms with Crippen molar-refractivity contribution in [2.45, 2.75) is 24.7 Å². The number of carboxylic acid groups (broad SMARTS) is 1. The van der Waals surface area contributed by atoms with E-state index in [-0.39, 0.29) is 5.92 Å². The summed E-state index contributed by atoms with van der Waals surface area (Å²) in [5.41, 5.74) is 3.53. The van der Waals surface area contributed by atoms with Gasteiger partial charge >= 0.3 is 5.97 Å². The largest absolute Gasteiger partial charge is 0.497 e. The first-order valence-electron chi connectivity index (χ1n) is 10.2. The Labute approximate surface area is 177 Å². The molecule has 4 heteroatoms. The number of ether oxygens (including phenoxy) is 2. The molecule has 1 N–H and O–H groups in total. The summed E-state index contributed by atoms with van der Waals surface area (Å²) in [4.78, 5) is 12.8. The number of hydrogen-bond donors (Lipinski definition) is 1. The minimum absolute atomic E-state index is 0.244. The Hall–Kier alpha value is -3.27. The lowest BCUT2D eigenvalue weighted by atomic mass is 9.65. The van der Waals surface area contributed by atoms with E-state index in [4.69, 9.17) is 9.47 Å². The Bertz CT molecular complexity index is 1040. The smallest absolute Gasteiger partial charge is 0.308 e. The maximum absolute atomic E-state index is 12.8. The third-order valence-electron chi connectivity index (χ3n) is 6.54. The van der Waals surface area contributed by atoms with Crippen LogP contribution in [0.15, 0.2) is 72.8 Å². The second-order valence-corrected chi connectivity index (χ2v) is 7.71. The van der Waals surface area contributed by atoms with Gasteiger partial charge in [-0.3, -0.25) is 4.79 Å². The summed E-state index contributed by atoms with van der Waals surface area (Å²) in [6.45, 7) is 2.08. The van der Waals surface area contributed by atoms with Crippen LogP contribution in [0.5, 0.6) is 11.5 Å². The van der Waals surface area contributed by atoms with E-state index in [0.29, 0.717) is 6.42 Å². The molecule has 0 aliphatic heterocycles. The predicted octanol–water partition coefficient (Wildman–Crippen LogP) is 5.25. The molecule has 0 saturated heterocycles. The summed E-state index contributed by atoms with van der Waals surface area (Å²) in [5.74, 6) is -0.137. The van der Waals surface area contributed by atoms with Crippen LogP contribution in [-0.2, 0) is 10.2 Å². The summed E-state index contributed by atoms with van der Waals surface area (Å²) < 4.78 is 10.6. The molecule has 0 radical (unpaired) electrons. The maximum atomic E-state index is 12.8. The molecule has 4 rings (SSSR count). The molecule has 3 unspecified atom stereocenters. The van der Waals surface area contributed by atoms with Crippen LogP contribution in [-0.4, -0.2) is 25.3 Å². The van der Waals surface area contributed by atoms with Crippen molar-refractivity contribution in [3.63, 3.8) is 0 Å². The van der Waals surface area contributed by atoms with E-state index in [9.17, 15) is 9.90 Å². The number of aliphatic carboxylic acids is 1. The van der Waals surface area contributed by atoms with Gasteiger partial charge in [0.25, 0.3) is 0 Å². The molecule has 4 nitrogen and oxygen atoms in total. The molecule has 0 aromatic heterocycles. The van der Waals surface area contributed by atoms with Crippen molar-refractivity contribution >= 4 is 5.97 Å². The molecule has 0 heterocycles. The van der Waals surface area contributed by atoms with Crippen LogP contribution < -0.4 is 9.47 Å². The van der Waals surface area contributed by atoms with Gasteiger partial charge in [-0.25, -0.2) is 0 Å².